The Labute approximate surface area is 75.7 Å². The maximum atomic E-state index is 5.82. The molecule has 0 spiro atoms. The maximum Gasteiger partial charge on any atom is 0.163 e. The van der Waals surface area contributed by atoms with Crippen LogP contribution in [0, 0.1) is 6.92 Å². The molecule has 1 aromatic heterocycles. The summed E-state index contributed by atoms with van der Waals surface area (Å²) in [5.74, 6) is 3.73. The lowest BCUT2D eigenvalue weighted by molar-refractivity contribution is 0.364. The Balaban J connectivity index is 2.26. The van der Waals surface area contributed by atoms with Gasteiger partial charge in [-0.15, -0.1) is 0 Å². The van der Waals surface area contributed by atoms with Crippen LogP contribution in [-0.4, -0.2) is 16.7 Å². The van der Waals surface area contributed by atoms with Crippen molar-refractivity contribution in [2.24, 2.45) is 0 Å². The van der Waals surface area contributed by atoms with Gasteiger partial charge in [0, 0.05) is 11.7 Å². The van der Waals surface area contributed by atoms with E-state index in [2.05, 4.69) is 5.16 Å². The molecule has 2 heterocycles. The van der Waals surface area contributed by atoms with Gasteiger partial charge < -0.3 is 10.3 Å². The van der Waals surface area contributed by atoms with Crippen LogP contribution in [0.15, 0.2) is 4.52 Å². The van der Waals surface area contributed by atoms with Crippen molar-refractivity contribution in [2.75, 3.05) is 17.2 Å². The third-order valence-electron chi connectivity index (χ3n) is 2.24. The van der Waals surface area contributed by atoms with Crippen LogP contribution in [0.25, 0.3) is 0 Å². The van der Waals surface area contributed by atoms with Crippen LogP contribution >= 0.6 is 11.8 Å². The molecule has 0 aromatic carbocycles. The van der Waals surface area contributed by atoms with Gasteiger partial charge in [-0.05, 0) is 19.1 Å². The van der Waals surface area contributed by atoms with Crippen LogP contribution in [0.2, 0.25) is 0 Å². The van der Waals surface area contributed by atoms with E-state index in [0.717, 1.165) is 22.9 Å². The maximum absolute atomic E-state index is 5.82. The highest BCUT2D eigenvalue weighted by Gasteiger charge is 2.24. The van der Waals surface area contributed by atoms with Crippen molar-refractivity contribution >= 4 is 17.4 Å². The third-order valence-corrected chi connectivity index (χ3v) is 3.40. The summed E-state index contributed by atoms with van der Waals surface area (Å²) in [5.41, 5.74) is 7.39. The Morgan fingerprint density at radius 2 is 2.50 bits per heavy atom. The van der Waals surface area contributed by atoms with Gasteiger partial charge >= 0.3 is 0 Å². The molecule has 66 valence electrons. The number of rotatable bonds is 1. The van der Waals surface area contributed by atoms with Crippen LogP contribution in [0.4, 0.5) is 5.69 Å². The van der Waals surface area contributed by atoms with Crippen molar-refractivity contribution in [3.8, 4) is 0 Å². The quantitative estimate of drug-likeness (QED) is 0.723. The van der Waals surface area contributed by atoms with Gasteiger partial charge in [0.1, 0.15) is 5.69 Å². The summed E-state index contributed by atoms with van der Waals surface area (Å²) in [6, 6.07) is 0. The van der Waals surface area contributed by atoms with Crippen molar-refractivity contribution in [1.29, 1.82) is 0 Å². The number of anilines is 1. The summed E-state index contributed by atoms with van der Waals surface area (Å²) < 4.78 is 5.19. The minimum atomic E-state index is 0.496. The summed E-state index contributed by atoms with van der Waals surface area (Å²) in [6.07, 6.45) is 1.17. The molecule has 1 aromatic rings. The van der Waals surface area contributed by atoms with Crippen LogP contribution in [0.1, 0.15) is 23.8 Å². The number of nitrogens with zero attached hydrogens (tertiary/aromatic N) is 1. The molecule has 0 amide bonds. The molecule has 2 rings (SSSR count). The van der Waals surface area contributed by atoms with Crippen LogP contribution in [0.3, 0.4) is 0 Å². The fourth-order valence-corrected chi connectivity index (χ4v) is 2.65. The molecule has 1 unspecified atom stereocenters. The molecular formula is C8H12N2OS. The molecule has 3 nitrogen and oxygen atoms in total. The highest BCUT2D eigenvalue weighted by atomic mass is 32.2. The molecular weight excluding hydrogens is 172 g/mol. The average Bonchev–Trinajstić information content (AvgIpc) is 2.64. The van der Waals surface area contributed by atoms with Crippen molar-refractivity contribution < 1.29 is 4.52 Å². The topological polar surface area (TPSA) is 52.0 Å². The van der Waals surface area contributed by atoms with Gasteiger partial charge in [0.05, 0.1) is 5.69 Å². The SMILES string of the molecule is Cc1noc(C2CCSC2)c1N. The van der Waals surface area contributed by atoms with Gasteiger partial charge in [-0.1, -0.05) is 5.16 Å². The molecule has 1 saturated heterocycles. The largest absolute Gasteiger partial charge is 0.394 e. The van der Waals surface area contributed by atoms with Gasteiger partial charge in [0.15, 0.2) is 5.76 Å². The minimum Gasteiger partial charge on any atom is -0.394 e. The predicted octanol–water partition coefficient (Wildman–Crippen LogP) is 1.79. The van der Waals surface area contributed by atoms with E-state index in [4.69, 9.17) is 10.3 Å². The van der Waals surface area contributed by atoms with Crippen LogP contribution in [0.5, 0.6) is 0 Å². The number of hydrogen-bond acceptors (Lipinski definition) is 4. The van der Waals surface area contributed by atoms with Crippen molar-refractivity contribution in [2.45, 2.75) is 19.3 Å². The second-order valence-corrected chi connectivity index (χ2v) is 4.26. The molecule has 12 heavy (non-hydrogen) atoms. The Bertz CT molecular complexity index is 279. The minimum absolute atomic E-state index is 0.496. The molecule has 1 aliphatic heterocycles. The molecule has 2 N–H and O–H groups in total. The summed E-state index contributed by atoms with van der Waals surface area (Å²) in [4.78, 5) is 0. The summed E-state index contributed by atoms with van der Waals surface area (Å²) in [7, 11) is 0. The lowest BCUT2D eigenvalue weighted by Gasteiger charge is -2.02. The zero-order valence-electron chi connectivity index (χ0n) is 7.04. The Morgan fingerprint density at radius 3 is 3.00 bits per heavy atom. The summed E-state index contributed by atoms with van der Waals surface area (Å²) >= 11 is 1.95. The molecule has 0 aliphatic carbocycles. The fourth-order valence-electron chi connectivity index (χ4n) is 1.43. The smallest absolute Gasteiger partial charge is 0.163 e. The first-order chi connectivity index (χ1) is 5.79. The monoisotopic (exact) mass is 184 g/mol. The van der Waals surface area contributed by atoms with E-state index in [1.54, 1.807) is 0 Å². The van der Waals surface area contributed by atoms with E-state index in [-0.39, 0.29) is 0 Å². The zero-order valence-corrected chi connectivity index (χ0v) is 7.86. The number of hydrogen-bond donors (Lipinski definition) is 1. The van der Waals surface area contributed by atoms with Crippen molar-refractivity contribution in [3.63, 3.8) is 0 Å². The van der Waals surface area contributed by atoms with Gasteiger partial charge in [-0.25, -0.2) is 0 Å². The first-order valence-electron chi connectivity index (χ1n) is 4.08. The lowest BCUT2D eigenvalue weighted by atomic mass is 10.0. The third kappa shape index (κ3) is 1.20. The Morgan fingerprint density at radius 1 is 1.67 bits per heavy atom. The number of aromatic nitrogens is 1. The second-order valence-electron chi connectivity index (χ2n) is 3.11. The molecule has 1 fully saturated rings. The number of nitrogens with two attached hydrogens (primary N) is 1. The average molecular weight is 184 g/mol. The van der Waals surface area contributed by atoms with Gasteiger partial charge in [-0.3, -0.25) is 0 Å². The number of aryl methyl sites for hydroxylation is 1. The Kier molecular flexibility index (Phi) is 2.00. The van der Waals surface area contributed by atoms with Gasteiger partial charge in [-0.2, -0.15) is 11.8 Å². The number of nitrogen functional groups attached to an aromatic ring is 1. The van der Waals surface area contributed by atoms with Crippen molar-refractivity contribution in [3.05, 3.63) is 11.5 Å². The van der Waals surface area contributed by atoms with Gasteiger partial charge in [0.2, 0.25) is 0 Å². The van der Waals surface area contributed by atoms with Crippen LogP contribution < -0.4 is 5.73 Å². The fraction of sp³-hybridized carbons (Fsp3) is 0.625. The first-order valence-corrected chi connectivity index (χ1v) is 5.24. The normalized spacial score (nSPS) is 23.2. The molecule has 1 atom stereocenters. The summed E-state index contributed by atoms with van der Waals surface area (Å²) in [5, 5.41) is 3.85. The van der Waals surface area contributed by atoms with E-state index >= 15 is 0 Å². The van der Waals surface area contributed by atoms with E-state index in [0.29, 0.717) is 5.92 Å². The predicted molar refractivity (Wildman–Crippen MR) is 50.3 cm³/mol. The number of thioether (sulfide) groups is 1. The highest BCUT2D eigenvalue weighted by Crippen LogP contribution is 2.35. The molecule has 1 aliphatic rings. The van der Waals surface area contributed by atoms with E-state index in [1.165, 1.54) is 12.2 Å². The lowest BCUT2D eigenvalue weighted by Crippen LogP contribution is -1.98. The standard InChI is InChI=1S/C8H12N2OS/c1-5-7(9)8(11-10-5)6-2-3-12-4-6/h6H,2-4,9H2,1H3. The van der Waals surface area contributed by atoms with Crippen molar-refractivity contribution in [1.82, 2.24) is 5.16 Å². The van der Waals surface area contributed by atoms with E-state index in [1.807, 2.05) is 18.7 Å². The highest BCUT2D eigenvalue weighted by molar-refractivity contribution is 7.99. The molecule has 4 heteroatoms. The second kappa shape index (κ2) is 3.01. The zero-order chi connectivity index (χ0) is 8.55. The van der Waals surface area contributed by atoms with E-state index in [9.17, 15) is 0 Å². The molecule has 0 bridgehead atoms. The van der Waals surface area contributed by atoms with E-state index < -0.39 is 0 Å². The molecule has 0 radical (unpaired) electrons. The summed E-state index contributed by atoms with van der Waals surface area (Å²) in [6.45, 7) is 1.88. The van der Waals surface area contributed by atoms with Crippen LogP contribution in [-0.2, 0) is 0 Å². The Hall–Kier alpha value is -0.640. The molecule has 0 saturated carbocycles. The first kappa shape index (κ1) is 7.98. The van der Waals surface area contributed by atoms with Gasteiger partial charge in [0.25, 0.3) is 0 Å².